The van der Waals surface area contributed by atoms with Gasteiger partial charge in [-0.25, -0.2) is 9.97 Å². The number of benzene rings is 2. The molecule has 0 aliphatic carbocycles. The van der Waals surface area contributed by atoms with Gasteiger partial charge in [0.1, 0.15) is 0 Å². The van der Waals surface area contributed by atoms with Crippen LogP contribution in [-0.4, -0.2) is 22.9 Å². The number of anilines is 2. The number of aromatic nitrogens is 2. The molecule has 0 atom stereocenters. The standard InChI is InChI=1S/C19H18N4O/c1-23(17-10-6-3-7-11-17)19-21-13-16(14-22-19)18(24)20-12-15-8-4-2-5-9-15/h2-11,13-14H,12H2,1H3,(H,20,24). The van der Waals surface area contributed by atoms with Gasteiger partial charge in [-0.3, -0.25) is 4.79 Å². The lowest BCUT2D eigenvalue weighted by Gasteiger charge is -2.16. The van der Waals surface area contributed by atoms with Crippen molar-refractivity contribution in [3.8, 4) is 0 Å². The zero-order chi connectivity index (χ0) is 16.8. The molecule has 3 rings (SSSR count). The first-order chi connectivity index (χ1) is 11.7. The molecule has 1 N–H and O–H groups in total. The summed E-state index contributed by atoms with van der Waals surface area (Å²) in [6.07, 6.45) is 3.09. The fraction of sp³-hybridized carbons (Fsp3) is 0.105. The van der Waals surface area contributed by atoms with Crippen LogP contribution in [0.1, 0.15) is 15.9 Å². The SMILES string of the molecule is CN(c1ccccc1)c1ncc(C(=O)NCc2ccccc2)cn1. The fourth-order valence-corrected chi connectivity index (χ4v) is 2.26. The molecule has 0 radical (unpaired) electrons. The molecule has 0 saturated heterocycles. The number of rotatable bonds is 5. The number of hydrogen-bond acceptors (Lipinski definition) is 4. The molecule has 5 heteroatoms. The average Bonchev–Trinajstić information content (AvgIpc) is 2.67. The van der Waals surface area contributed by atoms with E-state index in [9.17, 15) is 4.79 Å². The van der Waals surface area contributed by atoms with Crippen LogP contribution in [0.15, 0.2) is 73.1 Å². The number of hydrogen-bond donors (Lipinski definition) is 1. The highest BCUT2D eigenvalue weighted by atomic mass is 16.1. The molecule has 24 heavy (non-hydrogen) atoms. The second-order valence-electron chi connectivity index (χ2n) is 5.33. The Kier molecular flexibility index (Phi) is 4.81. The number of nitrogens with one attached hydrogen (secondary N) is 1. The Bertz CT molecular complexity index is 789. The van der Waals surface area contributed by atoms with Crippen molar-refractivity contribution in [2.75, 3.05) is 11.9 Å². The van der Waals surface area contributed by atoms with Crippen LogP contribution in [-0.2, 0) is 6.54 Å². The quantitative estimate of drug-likeness (QED) is 0.785. The molecule has 1 heterocycles. The number of carbonyl (C=O) groups is 1. The summed E-state index contributed by atoms with van der Waals surface area (Å²) in [7, 11) is 1.89. The van der Waals surface area contributed by atoms with Crippen molar-refractivity contribution in [3.63, 3.8) is 0 Å². The maximum absolute atomic E-state index is 12.2. The molecule has 0 unspecified atom stereocenters. The van der Waals surface area contributed by atoms with E-state index in [-0.39, 0.29) is 5.91 Å². The van der Waals surface area contributed by atoms with E-state index in [1.165, 1.54) is 0 Å². The summed E-state index contributed by atoms with van der Waals surface area (Å²) in [6, 6.07) is 19.6. The van der Waals surface area contributed by atoms with Gasteiger partial charge in [0.05, 0.1) is 5.56 Å². The lowest BCUT2D eigenvalue weighted by atomic mass is 10.2. The molecule has 0 fully saturated rings. The van der Waals surface area contributed by atoms with Crippen molar-refractivity contribution in [1.29, 1.82) is 0 Å². The van der Waals surface area contributed by atoms with Crippen molar-refractivity contribution >= 4 is 17.5 Å². The van der Waals surface area contributed by atoms with Gasteiger partial charge in [0.15, 0.2) is 0 Å². The van der Waals surface area contributed by atoms with E-state index in [1.54, 1.807) is 12.4 Å². The normalized spacial score (nSPS) is 10.2. The van der Waals surface area contributed by atoms with Crippen LogP contribution in [0.2, 0.25) is 0 Å². The van der Waals surface area contributed by atoms with Crippen LogP contribution in [0, 0.1) is 0 Å². The summed E-state index contributed by atoms with van der Waals surface area (Å²) in [5, 5.41) is 2.86. The molecule has 1 aromatic heterocycles. The Balaban J connectivity index is 1.64. The van der Waals surface area contributed by atoms with Gasteiger partial charge in [-0.05, 0) is 17.7 Å². The Morgan fingerprint density at radius 1 is 0.958 bits per heavy atom. The summed E-state index contributed by atoms with van der Waals surface area (Å²) in [5.74, 6) is 0.355. The summed E-state index contributed by atoms with van der Waals surface area (Å²) in [4.78, 5) is 22.6. The predicted octanol–water partition coefficient (Wildman–Crippen LogP) is 3.17. The molecule has 2 aromatic carbocycles. The van der Waals surface area contributed by atoms with E-state index in [0.717, 1.165) is 11.3 Å². The van der Waals surface area contributed by atoms with Crippen LogP contribution in [0.5, 0.6) is 0 Å². The minimum Gasteiger partial charge on any atom is -0.348 e. The molecule has 0 bridgehead atoms. The molecule has 3 aromatic rings. The van der Waals surface area contributed by atoms with Crippen molar-refractivity contribution in [2.24, 2.45) is 0 Å². The fourth-order valence-electron chi connectivity index (χ4n) is 2.26. The Morgan fingerprint density at radius 2 is 1.54 bits per heavy atom. The maximum atomic E-state index is 12.2. The topological polar surface area (TPSA) is 58.1 Å². The summed E-state index contributed by atoms with van der Waals surface area (Å²) < 4.78 is 0. The van der Waals surface area contributed by atoms with Crippen molar-refractivity contribution < 1.29 is 4.79 Å². The van der Waals surface area contributed by atoms with Gasteiger partial charge in [-0.15, -0.1) is 0 Å². The third-order valence-electron chi connectivity index (χ3n) is 3.64. The molecular weight excluding hydrogens is 300 g/mol. The largest absolute Gasteiger partial charge is 0.348 e. The van der Waals surface area contributed by atoms with Gasteiger partial charge in [0, 0.05) is 31.7 Å². The van der Waals surface area contributed by atoms with E-state index in [0.29, 0.717) is 18.1 Å². The second-order valence-corrected chi connectivity index (χ2v) is 5.33. The van der Waals surface area contributed by atoms with E-state index in [1.807, 2.05) is 72.6 Å². The van der Waals surface area contributed by atoms with E-state index < -0.39 is 0 Å². The van der Waals surface area contributed by atoms with E-state index >= 15 is 0 Å². The minimum atomic E-state index is -0.187. The lowest BCUT2D eigenvalue weighted by Crippen LogP contribution is -2.23. The highest BCUT2D eigenvalue weighted by molar-refractivity contribution is 5.93. The summed E-state index contributed by atoms with van der Waals surface area (Å²) in [5.41, 5.74) is 2.47. The highest BCUT2D eigenvalue weighted by Crippen LogP contribution is 2.18. The van der Waals surface area contributed by atoms with Crippen LogP contribution in [0.4, 0.5) is 11.6 Å². The highest BCUT2D eigenvalue weighted by Gasteiger charge is 2.10. The predicted molar refractivity (Wildman–Crippen MR) is 94.1 cm³/mol. The first kappa shape index (κ1) is 15.7. The van der Waals surface area contributed by atoms with Crippen molar-refractivity contribution in [3.05, 3.63) is 84.2 Å². The smallest absolute Gasteiger partial charge is 0.254 e. The van der Waals surface area contributed by atoms with E-state index in [2.05, 4.69) is 15.3 Å². The van der Waals surface area contributed by atoms with Crippen LogP contribution in [0.3, 0.4) is 0 Å². The van der Waals surface area contributed by atoms with Gasteiger partial charge in [0.2, 0.25) is 5.95 Å². The molecule has 0 aliphatic heterocycles. The zero-order valence-corrected chi connectivity index (χ0v) is 13.4. The molecule has 5 nitrogen and oxygen atoms in total. The number of para-hydroxylation sites is 1. The van der Waals surface area contributed by atoms with Crippen LogP contribution >= 0.6 is 0 Å². The van der Waals surface area contributed by atoms with Crippen molar-refractivity contribution in [2.45, 2.75) is 6.54 Å². The first-order valence-electron chi connectivity index (χ1n) is 7.67. The van der Waals surface area contributed by atoms with Crippen LogP contribution in [0.25, 0.3) is 0 Å². The third-order valence-corrected chi connectivity index (χ3v) is 3.64. The van der Waals surface area contributed by atoms with Gasteiger partial charge < -0.3 is 10.2 Å². The molecule has 0 aliphatic rings. The number of amides is 1. The Morgan fingerprint density at radius 3 is 2.17 bits per heavy atom. The van der Waals surface area contributed by atoms with Gasteiger partial charge in [-0.2, -0.15) is 0 Å². The lowest BCUT2D eigenvalue weighted by molar-refractivity contribution is 0.0950. The third kappa shape index (κ3) is 3.76. The van der Waals surface area contributed by atoms with Gasteiger partial charge >= 0.3 is 0 Å². The van der Waals surface area contributed by atoms with Gasteiger partial charge in [0.25, 0.3) is 5.91 Å². The van der Waals surface area contributed by atoms with E-state index in [4.69, 9.17) is 0 Å². The minimum absolute atomic E-state index is 0.187. The Hall–Kier alpha value is -3.21. The van der Waals surface area contributed by atoms with Gasteiger partial charge in [-0.1, -0.05) is 48.5 Å². The maximum Gasteiger partial charge on any atom is 0.254 e. The molecule has 120 valence electrons. The molecule has 1 amide bonds. The second kappa shape index (κ2) is 7.37. The molecular formula is C19H18N4O. The summed E-state index contributed by atoms with van der Waals surface area (Å²) >= 11 is 0. The monoisotopic (exact) mass is 318 g/mol. The first-order valence-corrected chi connectivity index (χ1v) is 7.67. The number of nitrogens with zero attached hydrogens (tertiary/aromatic N) is 3. The molecule has 0 saturated carbocycles. The number of carbonyl (C=O) groups excluding carboxylic acids is 1. The average molecular weight is 318 g/mol. The van der Waals surface area contributed by atoms with Crippen LogP contribution < -0.4 is 10.2 Å². The molecule has 0 spiro atoms. The van der Waals surface area contributed by atoms with Crippen molar-refractivity contribution in [1.82, 2.24) is 15.3 Å². The summed E-state index contributed by atoms with van der Waals surface area (Å²) in [6.45, 7) is 0.478. The zero-order valence-electron chi connectivity index (χ0n) is 13.4. The Labute approximate surface area is 141 Å².